The van der Waals surface area contributed by atoms with Crippen LogP contribution < -0.4 is 10.6 Å². The smallest absolute Gasteiger partial charge is 0.274 e. The molecule has 110 valence electrons. The number of anilines is 2. The minimum Gasteiger partial charge on any atom is -0.369 e. The summed E-state index contributed by atoms with van der Waals surface area (Å²) >= 11 is 0. The first-order valence-electron chi connectivity index (χ1n) is 6.72. The lowest BCUT2D eigenvalue weighted by Crippen LogP contribution is -2.21. The molecule has 0 aliphatic rings. The summed E-state index contributed by atoms with van der Waals surface area (Å²) in [5.74, 6) is 0.393. The van der Waals surface area contributed by atoms with Gasteiger partial charge in [0.15, 0.2) is 0 Å². The van der Waals surface area contributed by atoms with Gasteiger partial charge in [0.2, 0.25) is 0 Å². The van der Waals surface area contributed by atoms with Gasteiger partial charge in [0, 0.05) is 24.8 Å². The Hall–Kier alpha value is -2.47. The van der Waals surface area contributed by atoms with Crippen molar-refractivity contribution in [1.29, 1.82) is 0 Å². The maximum atomic E-state index is 12.1. The predicted octanol–water partition coefficient (Wildman–Crippen LogP) is 1.70. The van der Waals surface area contributed by atoms with E-state index in [9.17, 15) is 4.79 Å². The zero-order chi connectivity index (χ0) is 15.1. The number of amides is 1. The number of para-hydroxylation sites is 1. The van der Waals surface area contributed by atoms with E-state index in [2.05, 4.69) is 25.5 Å². The molecule has 0 aliphatic carbocycles. The van der Waals surface area contributed by atoms with Crippen LogP contribution in [0.5, 0.6) is 0 Å². The molecule has 6 heteroatoms. The summed E-state index contributed by atoms with van der Waals surface area (Å²) in [6, 6.07) is 10.9. The van der Waals surface area contributed by atoms with Crippen LogP contribution in [0.25, 0.3) is 0 Å². The number of carbonyl (C=O) groups is 1. The lowest BCUT2D eigenvalue weighted by Gasteiger charge is -2.11. The van der Waals surface area contributed by atoms with Gasteiger partial charge < -0.3 is 15.5 Å². The molecular formula is C15H19N5O. The van der Waals surface area contributed by atoms with Gasteiger partial charge in [-0.2, -0.15) is 0 Å². The molecular weight excluding hydrogens is 266 g/mol. The molecule has 0 unspecified atom stereocenters. The maximum absolute atomic E-state index is 12.1. The van der Waals surface area contributed by atoms with E-state index in [0.717, 1.165) is 18.8 Å². The highest BCUT2D eigenvalue weighted by atomic mass is 16.1. The summed E-state index contributed by atoms with van der Waals surface area (Å²) in [5, 5.41) is 5.96. The van der Waals surface area contributed by atoms with Crippen LogP contribution in [-0.4, -0.2) is 48.0 Å². The average molecular weight is 285 g/mol. The van der Waals surface area contributed by atoms with Crippen molar-refractivity contribution in [2.24, 2.45) is 0 Å². The highest BCUT2D eigenvalue weighted by Gasteiger charge is 2.08. The Labute approximate surface area is 124 Å². The molecule has 0 bridgehead atoms. The standard InChI is InChI=1S/C15H19N5O/c1-20(2)9-8-16-14-10-13(17-11-18-14)15(21)19-12-6-4-3-5-7-12/h3-7,10-11H,8-9H2,1-2H3,(H,19,21)(H,16,17,18). The summed E-state index contributed by atoms with van der Waals surface area (Å²) in [5.41, 5.74) is 1.07. The number of hydrogen-bond acceptors (Lipinski definition) is 5. The normalized spacial score (nSPS) is 10.4. The van der Waals surface area contributed by atoms with Crippen LogP contribution in [0.4, 0.5) is 11.5 Å². The van der Waals surface area contributed by atoms with Crippen LogP contribution in [0, 0.1) is 0 Å². The third kappa shape index (κ3) is 4.85. The van der Waals surface area contributed by atoms with Crippen molar-refractivity contribution >= 4 is 17.4 Å². The van der Waals surface area contributed by atoms with Crippen molar-refractivity contribution in [3.05, 3.63) is 48.4 Å². The number of nitrogens with zero attached hydrogens (tertiary/aromatic N) is 3. The lowest BCUT2D eigenvalue weighted by atomic mass is 10.3. The second-order valence-electron chi connectivity index (χ2n) is 4.84. The van der Waals surface area contributed by atoms with Crippen molar-refractivity contribution < 1.29 is 4.79 Å². The van der Waals surface area contributed by atoms with Crippen molar-refractivity contribution in [3.63, 3.8) is 0 Å². The first-order chi connectivity index (χ1) is 10.1. The first-order valence-corrected chi connectivity index (χ1v) is 6.72. The van der Waals surface area contributed by atoms with Gasteiger partial charge in [-0.1, -0.05) is 18.2 Å². The van der Waals surface area contributed by atoms with Gasteiger partial charge in [0.05, 0.1) is 0 Å². The molecule has 0 atom stereocenters. The Morgan fingerprint density at radius 3 is 2.67 bits per heavy atom. The average Bonchev–Trinajstić information content (AvgIpc) is 2.48. The van der Waals surface area contributed by atoms with Gasteiger partial charge >= 0.3 is 0 Å². The summed E-state index contributed by atoms with van der Waals surface area (Å²) in [7, 11) is 4.00. The molecule has 1 aromatic heterocycles. The zero-order valence-electron chi connectivity index (χ0n) is 12.2. The summed E-state index contributed by atoms with van der Waals surface area (Å²) < 4.78 is 0. The Balaban J connectivity index is 1.98. The molecule has 0 fully saturated rings. The number of carbonyl (C=O) groups excluding carboxylic acids is 1. The Bertz CT molecular complexity index is 586. The summed E-state index contributed by atoms with van der Waals surface area (Å²) in [6.45, 7) is 1.64. The van der Waals surface area contributed by atoms with Crippen LogP contribution in [-0.2, 0) is 0 Å². The number of nitrogens with one attached hydrogen (secondary N) is 2. The highest BCUT2D eigenvalue weighted by molar-refractivity contribution is 6.03. The van der Waals surface area contributed by atoms with E-state index in [1.54, 1.807) is 6.07 Å². The fraction of sp³-hybridized carbons (Fsp3) is 0.267. The largest absolute Gasteiger partial charge is 0.369 e. The van der Waals surface area contributed by atoms with Crippen LogP contribution in [0.3, 0.4) is 0 Å². The first kappa shape index (κ1) is 14.9. The Morgan fingerprint density at radius 2 is 1.95 bits per heavy atom. The summed E-state index contributed by atoms with van der Waals surface area (Å²) in [4.78, 5) is 22.3. The van der Waals surface area contributed by atoms with Crippen molar-refractivity contribution in [1.82, 2.24) is 14.9 Å². The molecule has 2 rings (SSSR count). The third-order valence-corrected chi connectivity index (χ3v) is 2.80. The van der Waals surface area contributed by atoms with Gasteiger partial charge in [-0.15, -0.1) is 0 Å². The molecule has 2 N–H and O–H groups in total. The molecule has 0 spiro atoms. The van der Waals surface area contributed by atoms with E-state index in [1.165, 1.54) is 6.33 Å². The maximum Gasteiger partial charge on any atom is 0.274 e. The molecule has 0 radical (unpaired) electrons. The van der Waals surface area contributed by atoms with E-state index in [-0.39, 0.29) is 5.91 Å². The lowest BCUT2D eigenvalue weighted by molar-refractivity contribution is 0.102. The van der Waals surface area contributed by atoms with E-state index in [0.29, 0.717) is 11.5 Å². The van der Waals surface area contributed by atoms with Crippen LogP contribution in [0.2, 0.25) is 0 Å². The van der Waals surface area contributed by atoms with E-state index in [1.807, 2.05) is 44.4 Å². The predicted molar refractivity (Wildman–Crippen MR) is 83.5 cm³/mol. The van der Waals surface area contributed by atoms with Gasteiger partial charge in [0.1, 0.15) is 17.8 Å². The minimum absolute atomic E-state index is 0.251. The summed E-state index contributed by atoms with van der Waals surface area (Å²) in [6.07, 6.45) is 1.39. The SMILES string of the molecule is CN(C)CCNc1cc(C(=O)Nc2ccccc2)ncn1. The van der Waals surface area contributed by atoms with Crippen molar-refractivity contribution in [2.75, 3.05) is 37.8 Å². The van der Waals surface area contributed by atoms with Gasteiger partial charge in [-0.25, -0.2) is 9.97 Å². The fourth-order valence-corrected chi connectivity index (χ4v) is 1.70. The van der Waals surface area contributed by atoms with E-state index >= 15 is 0 Å². The Morgan fingerprint density at radius 1 is 1.19 bits per heavy atom. The molecule has 0 aliphatic heterocycles. The van der Waals surface area contributed by atoms with E-state index < -0.39 is 0 Å². The Kier molecular flexibility index (Phi) is 5.22. The fourth-order valence-electron chi connectivity index (χ4n) is 1.70. The molecule has 1 aromatic carbocycles. The van der Waals surface area contributed by atoms with Gasteiger partial charge in [-0.3, -0.25) is 4.79 Å². The third-order valence-electron chi connectivity index (χ3n) is 2.80. The van der Waals surface area contributed by atoms with Gasteiger partial charge in [0.25, 0.3) is 5.91 Å². The quantitative estimate of drug-likeness (QED) is 0.845. The van der Waals surface area contributed by atoms with Crippen LogP contribution in [0.1, 0.15) is 10.5 Å². The van der Waals surface area contributed by atoms with Crippen LogP contribution in [0.15, 0.2) is 42.7 Å². The number of likely N-dealkylation sites (N-methyl/N-ethyl adjacent to an activating group) is 1. The molecule has 1 heterocycles. The molecule has 2 aromatic rings. The highest BCUT2D eigenvalue weighted by Crippen LogP contribution is 2.09. The molecule has 21 heavy (non-hydrogen) atoms. The second kappa shape index (κ2) is 7.35. The monoisotopic (exact) mass is 285 g/mol. The number of aromatic nitrogens is 2. The van der Waals surface area contributed by atoms with Crippen molar-refractivity contribution in [2.45, 2.75) is 0 Å². The molecule has 6 nitrogen and oxygen atoms in total. The topological polar surface area (TPSA) is 70.2 Å². The molecule has 0 saturated carbocycles. The molecule has 0 saturated heterocycles. The number of hydrogen-bond donors (Lipinski definition) is 2. The van der Waals surface area contributed by atoms with Crippen LogP contribution >= 0.6 is 0 Å². The minimum atomic E-state index is -0.251. The number of rotatable bonds is 6. The second-order valence-corrected chi connectivity index (χ2v) is 4.84. The van der Waals surface area contributed by atoms with Crippen molar-refractivity contribution in [3.8, 4) is 0 Å². The molecule has 1 amide bonds. The zero-order valence-corrected chi connectivity index (χ0v) is 12.2. The number of benzene rings is 1. The van der Waals surface area contributed by atoms with Gasteiger partial charge in [-0.05, 0) is 26.2 Å². The van der Waals surface area contributed by atoms with E-state index in [4.69, 9.17) is 0 Å².